The summed E-state index contributed by atoms with van der Waals surface area (Å²) < 4.78 is 7.64. The number of benzene rings is 1. The second-order valence-corrected chi connectivity index (χ2v) is 4.23. The molecule has 18 heavy (non-hydrogen) atoms. The number of nitrogen functional groups attached to an aromatic ring is 1. The van der Waals surface area contributed by atoms with Crippen molar-refractivity contribution in [2.24, 2.45) is 0 Å². The first-order chi connectivity index (χ1) is 8.74. The predicted octanol–water partition coefficient (Wildman–Crippen LogP) is 3.36. The molecular weight excluding hydrogens is 250 g/mol. The van der Waals surface area contributed by atoms with Crippen LogP contribution in [0.2, 0.25) is 5.02 Å². The SMILES string of the molecule is Nc1ccc(Oc2cccn3ccnc23)c(Cl)c1. The van der Waals surface area contributed by atoms with Gasteiger partial charge in [0.2, 0.25) is 0 Å². The minimum Gasteiger partial charge on any atom is -0.452 e. The summed E-state index contributed by atoms with van der Waals surface area (Å²) >= 11 is 6.07. The molecule has 2 N–H and O–H groups in total. The molecule has 0 unspecified atom stereocenters. The Morgan fingerprint density at radius 2 is 2.06 bits per heavy atom. The highest BCUT2D eigenvalue weighted by Crippen LogP contribution is 2.32. The largest absolute Gasteiger partial charge is 0.452 e. The van der Waals surface area contributed by atoms with Crippen LogP contribution in [0.5, 0.6) is 11.5 Å². The summed E-state index contributed by atoms with van der Waals surface area (Å²) in [4.78, 5) is 4.23. The Bertz CT molecular complexity index is 708. The quantitative estimate of drug-likeness (QED) is 0.718. The van der Waals surface area contributed by atoms with Crippen molar-refractivity contribution in [3.05, 3.63) is 53.9 Å². The van der Waals surface area contributed by atoms with Crippen molar-refractivity contribution in [3.8, 4) is 11.5 Å². The number of pyridine rings is 1. The van der Waals surface area contributed by atoms with Gasteiger partial charge in [0.25, 0.3) is 0 Å². The Hall–Kier alpha value is -2.20. The van der Waals surface area contributed by atoms with Crippen molar-refractivity contribution in [2.45, 2.75) is 0 Å². The lowest BCUT2D eigenvalue weighted by molar-refractivity contribution is 0.485. The molecule has 2 heterocycles. The Morgan fingerprint density at radius 1 is 1.17 bits per heavy atom. The van der Waals surface area contributed by atoms with Gasteiger partial charge < -0.3 is 14.9 Å². The highest BCUT2D eigenvalue weighted by molar-refractivity contribution is 6.32. The number of fused-ring (bicyclic) bond motifs is 1. The molecule has 0 fully saturated rings. The van der Waals surface area contributed by atoms with Crippen molar-refractivity contribution in [3.63, 3.8) is 0 Å². The van der Waals surface area contributed by atoms with Crippen LogP contribution in [0.25, 0.3) is 5.65 Å². The maximum atomic E-state index is 6.07. The number of hydrogen-bond donors (Lipinski definition) is 1. The zero-order valence-electron chi connectivity index (χ0n) is 9.38. The third-order valence-corrected chi connectivity index (χ3v) is 2.85. The van der Waals surface area contributed by atoms with Gasteiger partial charge >= 0.3 is 0 Å². The molecule has 2 aromatic heterocycles. The number of nitrogens with two attached hydrogens (primary N) is 1. The van der Waals surface area contributed by atoms with Gasteiger partial charge in [-0.15, -0.1) is 0 Å². The van der Waals surface area contributed by atoms with E-state index in [9.17, 15) is 0 Å². The van der Waals surface area contributed by atoms with Gasteiger partial charge in [0.15, 0.2) is 11.4 Å². The van der Waals surface area contributed by atoms with E-state index in [1.165, 1.54) is 0 Å². The smallest absolute Gasteiger partial charge is 0.180 e. The Balaban J connectivity index is 2.03. The van der Waals surface area contributed by atoms with E-state index in [0.717, 1.165) is 5.65 Å². The molecule has 4 nitrogen and oxygen atoms in total. The van der Waals surface area contributed by atoms with Gasteiger partial charge in [-0.2, -0.15) is 0 Å². The molecule has 0 bridgehead atoms. The van der Waals surface area contributed by atoms with Crippen molar-refractivity contribution in [1.82, 2.24) is 9.38 Å². The fourth-order valence-corrected chi connectivity index (χ4v) is 1.95. The molecule has 0 radical (unpaired) electrons. The molecule has 0 spiro atoms. The van der Waals surface area contributed by atoms with Gasteiger partial charge in [-0.05, 0) is 30.3 Å². The molecule has 0 aliphatic carbocycles. The zero-order valence-corrected chi connectivity index (χ0v) is 10.1. The van der Waals surface area contributed by atoms with Gasteiger partial charge in [-0.25, -0.2) is 4.98 Å². The minimum atomic E-state index is 0.476. The summed E-state index contributed by atoms with van der Waals surface area (Å²) in [5.41, 5.74) is 6.98. The van der Waals surface area contributed by atoms with Gasteiger partial charge in [-0.3, -0.25) is 0 Å². The number of aromatic nitrogens is 2. The number of hydrogen-bond acceptors (Lipinski definition) is 3. The van der Waals surface area contributed by atoms with Crippen LogP contribution < -0.4 is 10.5 Å². The van der Waals surface area contributed by atoms with Crippen molar-refractivity contribution in [1.29, 1.82) is 0 Å². The second kappa shape index (κ2) is 4.23. The highest BCUT2D eigenvalue weighted by atomic mass is 35.5. The number of anilines is 1. The van der Waals surface area contributed by atoms with E-state index < -0.39 is 0 Å². The summed E-state index contributed by atoms with van der Waals surface area (Å²) in [5.74, 6) is 1.20. The summed E-state index contributed by atoms with van der Waals surface area (Å²) in [6.45, 7) is 0. The minimum absolute atomic E-state index is 0.476. The average molecular weight is 260 g/mol. The number of ether oxygens (including phenoxy) is 1. The van der Waals surface area contributed by atoms with E-state index in [0.29, 0.717) is 22.2 Å². The third-order valence-electron chi connectivity index (χ3n) is 2.56. The molecule has 0 saturated carbocycles. The van der Waals surface area contributed by atoms with E-state index >= 15 is 0 Å². The fourth-order valence-electron chi connectivity index (χ4n) is 1.72. The monoisotopic (exact) mass is 259 g/mol. The molecular formula is C13H10ClN3O. The lowest BCUT2D eigenvalue weighted by atomic mass is 10.3. The summed E-state index contributed by atoms with van der Waals surface area (Å²) in [7, 11) is 0. The van der Waals surface area contributed by atoms with Crippen LogP contribution in [0.15, 0.2) is 48.9 Å². The van der Waals surface area contributed by atoms with Crippen LogP contribution in [0, 0.1) is 0 Å². The maximum Gasteiger partial charge on any atom is 0.180 e. The van der Waals surface area contributed by atoms with Crippen LogP contribution in [-0.2, 0) is 0 Å². The van der Waals surface area contributed by atoms with Crippen molar-refractivity contribution in [2.75, 3.05) is 5.73 Å². The summed E-state index contributed by atoms with van der Waals surface area (Å²) in [6, 6.07) is 8.86. The summed E-state index contributed by atoms with van der Waals surface area (Å²) in [6.07, 6.45) is 5.47. The molecule has 1 aromatic carbocycles. The van der Waals surface area contributed by atoms with Crippen LogP contribution in [0.3, 0.4) is 0 Å². The first-order valence-electron chi connectivity index (χ1n) is 5.38. The molecule has 0 aliphatic heterocycles. The molecule has 3 aromatic rings. The summed E-state index contributed by atoms with van der Waals surface area (Å²) in [5, 5.41) is 0.476. The van der Waals surface area contributed by atoms with E-state index in [-0.39, 0.29) is 0 Å². The first kappa shape index (κ1) is 10.9. The third kappa shape index (κ3) is 1.87. The Kier molecular flexibility index (Phi) is 2.57. The van der Waals surface area contributed by atoms with E-state index in [4.69, 9.17) is 22.1 Å². The highest BCUT2D eigenvalue weighted by Gasteiger charge is 2.07. The molecule has 0 aliphatic rings. The van der Waals surface area contributed by atoms with Gasteiger partial charge in [0, 0.05) is 24.3 Å². The van der Waals surface area contributed by atoms with Crippen LogP contribution in [0.1, 0.15) is 0 Å². The topological polar surface area (TPSA) is 52.5 Å². The van der Waals surface area contributed by atoms with E-state index in [1.807, 2.05) is 28.9 Å². The van der Waals surface area contributed by atoms with Gasteiger partial charge in [0.05, 0.1) is 5.02 Å². The zero-order chi connectivity index (χ0) is 12.5. The number of halogens is 1. The molecule has 3 rings (SSSR count). The fraction of sp³-hybridized carbons (Fsp3) is 0. The number of nitrogens with zero attached hydrogens (tertiary/aromatic N) is 2. The molecule has 5 heteroatoms. The van der Waals surface area contributed by atoms with Crippen molar-refractivity contribution < 1.29 is 4.74 Å². The standard InChI is InChI=1S/C13H10ClN3O/c14-10-8-9(15)3-4-11(10)18-12-2-1-6-17-7-5-16-13(12)17/h1-8H,15H2. The van der Waals surface area contributed by atoms with Gasteiger partial charge in [0.1, 0.15) is 5.75 Å². The predicted molar refractivity (Wildman–Crippen MR) is 71.1 cm³/mol. The van der Waals surface area contributed by atoms with E-state index in [1.54, 1.807) is 24.4 Å². The number of rotatable bonds is 2. The molecule has 0 atom stereocenters. The van der Waals surface area contributed by atoms with E-state index in [2.05, 4.69) is 4.98 Å². The average Bonchev–Trinajstić information content (AvgIpc) is 2.82. The van der Waals surface area contributed by atoms with Gasteiger partial charge in [-0.1, -0.05) is 11.6 Å². The van der Waals surface area contributed by atoms with Crippen LogP contribution in [-0.4, -0.2) is 9.38 Å². The molecule has 90 valence electrons. The lowest BCUT2D eigenvalue weighted by Crippen LogP contribution is -1.91. The van der Waals surface area contributed by atoms with Crippen molar-refractivity contribution >= 4 is 22.9 Å². The molecule has 0 amide bonds. The maximum absolute atomic E-state index is 6.07. The normalized spacial score (nSPS) is 10.7. The lowest BCUT2D eigenvalue weighted by Gasteiger charge is -2.08. The first-order valence-corrected chi connectivity index (χ1v) is 5.76. The Morgan fingerprint density at radius 3 is 2.89 bits per heavy atom. The molecule has 0 saturated heterocycles. The second-order valence-electron chi connectivity index (χ2n) is 3.82. The van der Waals surface area contributed by atoms with Crippen LogP contribution in [0.4, 0.5) is 5.69 Å². The Labute approximate surface area is 109 Å². The van der Waals surface area contributed by atoms with Crippen LogP contribution >= 0.6 is 11.6 Å². The number of imidazole rings is 1.